The number of nitrogens with one attached hydrogen (secondary N) is 1. The van der Waals surface area contributed by atoms with Gasteiger partial charge in [-0.15, -0.1) is 0 Å². The lowest BCUT2D eigenvalue weighted by atomic mass is 10.2. The third-order valence-electron chi connectivity index (χ3n) is 2.35. The van der Waals surface area contributed by atoms with Crippen molar-refractivity contribution in [2.45, 2.75) is 6.92 Å². The van der Waals surface area contributed by atoms with Crippen molar-refractivity contribution >= 4 is 17.9 Å². The molecule has 0 atom stereocenters. The monoisotopic (exact) mass is 229 g/mol. The van der Waals surface area contributed by atoms with E-state index in [0.717, 1.165) is 11.8 Å². The summed E-state index contributed by atoms with van der Waals surface area (Å²) in [5.41, 5.74) is 1.85. The van der Waals surface area contributed by atoms with E-state index in [1.165, 1.54) is 6.26 Å². The van der Waals surface area contributed by atoms with Crippen LogP contribution in [0.1, 0.15) is 26.5 Å². The van der Waals surface area contributed by atoms with Gasteiger partial charge in [0.1, 0.15) is 6.29 Å². The number of rotatable bonds is 3. The van der Waals surface area contributed by atoms with Crippen molar-refractivity contribution in [1.82, 2.24) is 0 Å². The number of amides is 1. The molecule has 0 aliphatic carbocycles. The van der Waals surface area contributed by atoms with Crippen LogP contribution < -0.4 is 5.32 Å². The lowest BCUT2D eigenvalue weighted by Gasteiger charge is -2.04. The van der Waals surface area contributed by atoms with Crippen LogP contribution in [0.5, 0.6) is 0 Å². The molecule has 0 saturated heterocycles. The zero-order valence-electron chi connectivity index (χ0n) is 9.27. The van der Waals surface area contributed by atoms with Crippen LogP contribution in [-0.4, -0.2) is 12.2 Å². The van der Waals surface area contributed by atoms with Crippen LogP contribution in [0, 0.1) is 6.92 Å². The largest absolute Gasteiger partial charge is 0.459 e. The summed E-state index contributed by atoms with van der Waals surface area (Å²) in [6.45, 7) is 1.79. The Morgan fingerprint density at radius 3 is 2.82 bits per heavy atom. The SMILES string of the molecule is Cc1ccoc1C(=O)Nc1cccc(C=O)c1. The Kier molecular flexibility index (Phi) is 3.05. The molecular formula is C13H11NO3. The van der Waals surface area contributed by atoms with Gasteiger partial charge in [0.05, 0.1) is 6.26 Å². The topological polar surface area (TPSA) is 59.3 Å². The van der Waals surface area contributed by atoms with Gasteiger partial charge >= 0.3 is 0 Å². The average Bonchev–Trinajstić information content (AvgIpc) is 2.76. The third kappa shape index (κ3) is 2.42. The normalized spacial score (nSPS) is 9.94. The third-order valence-corrected chi connectivity index (χ3v) is 2.35. The van der Waals surface area contributed by atoms with Crippen LogP contribution in [-0.2, 0) is 0 Å². The first-order valence-electron chi connectivity index (χ1n) is 5.11. The van der Waals surface area contributed by atoms with Gasteiger partial charge in [-0.2, -0.15) is 0 Å². The summed E-state index contributed by atoms with van der Waals surface area (Å²) in [6.07, 6.45) is 2.19. The van der Waals surface area contributed by atoms with Crippen LogP contribution in [0.3, 0.4) is 0 Å². The van der Waals surface area contributed by atoms with Crippen LogP contribution >= 0.6 is 0 Å². The van der Waals surface area contributed by atoms with E-state index < -0.39 is 0 Å². The maximum atomic E-state index is 11.8. The summed E-state index contributed by atoms with van der Waals surface area (Å²) >= 11 is 0. The maximum absolute atomic E-state index is 11.8. The van der Waals surface area contributed by atoms with Crippen molar-refractivity contribution in [2.24, 2.45) is 0 Å². The number of carbonyl (C=O) groups excluding carboxylic acids is 2. The van der Waals surface area contributed by atoms with Crippen molar-refractivity contribution in [3.63, 3.8) is 0 Å². The smallest absolute Gasteiger partial charge is 0.291 e. The maximum Gasteiger partial charge on any atom is 0.291 e. The van der Waals surface area contributed by atoms with E-state index in [-0.39, 0.29) is 11.7 Å². The molecule has 0 spiro atoms. The molecule has 0 radical (unpaired) electrons. The zero-order valence-corrected chi connectivity index (χ0v) is 9.27. The number of anilines is 1. The number of aryl methyl sites for hydroxylation is 1. The summed E-state index contributed by atoms with van der Waals surface area (Å²) < 4.78 is 5.07. The van der Waals surface area contributed by atoms with E-state index in [0.29, 0.717) is 11.3 Å². The van der Waals surface area contributed by atoms with Crippen LogP contribution in [0.15, 0.2) is 41.0 Å². The van der Waals surface area contributed by atoms with Gasteiger partial charge in [-0.1, -0.05) is 12.1 Å². The van der Waals surface area contributed by atoms with E-state index in [4.69, 9.17) is 4.42 Å². The highest BCUT2D eigenvalue weighted by Gasteiger charge is 2.12. The molecule has 0 fully saturated rings. The highest BCUT2D eigenvalue weighted by Crippen LogP contribution is 2.14. The molecule has 1 N–H and O–H groups in total. The first-order chi connectivity index (χ1) is 8.20. The van der Waals surface area contributed by atoms with Crippen molar-refractivity contribution < 1.29 is 14.0 Å². The molecule has 0 aliphatic heterocycles. The fourth-order valence-electron chi connectivity index (χ4n) is 1.48. The van der Waals surface area contributed by atoms with Gasteiger partial charge in [-0.3, -0.25) is 9.59 Å². The first-order valence-corrected chi connectivity index (χ1v) is 5.11. The predicted octanol–water partition coefficient (Wildman–Crippen LogP) is 2.65. The van der Waals surface area contributed by atoms with E-state index in [1.54, 1.807) is 37.3 Å². The van der Waals surface area contributed by atoms with Crippen molar-refractivity contribution in [3.05, 3.63) is 53.5 Å². The quantitative estimate of drug-likeness (QED) is 0.823. The number of furan rings is 1. The number of carbonyl (C=O) groups is 2. The Hall–Kier alpha value is -2.36. The highest BCUT2D eigenvalue weighted by molar-refractivity contribution is 6.03. The second kappa shape index (κ2) is 4.65. The van der Waals surface area contributed by atoms with E-state index >= 15 is 0 Å². The van der Waals surface area contributed by atoms with Crippen LogP contribution in [0.4, 0.5) is 5.69 Å². The molecule has 0 bridgehead atoms. The standard InChI is InChI=1S/C13H11NO3/c1-9-5-6-17-12(9)13(16)14-11-4-2-3-10(7-11)8-15/h2-8H,1H3,(H,14,16). The van der Waals surface area contributed by atoms with Gasteiger partial charge < -0.3 is 9.73 Å². The fraction of sp³-hybridized carbons (Fsp3) is 0.0769. The molecule has 4 heteroatoms. The Balaban J connectivity index is 2.18. The van der Waals surface area contributed by atoms with Gasteiger partial charge in [0.15, 0.2) is 5.76 Å². The second-order valence-electron chi connectivity index (χ2n) is 3.63. The number of benzene rings is 1. The van der Waals surface area contributed by atoms with Crippen LogP contribution in [0.25, 0.3) is 0 Å². The molecule has 0 unspecified atom stereocenters. The summed E-state index contributed by atoms with van der Waals surface area (Å²) in [6, 6.07) is 8.40. The van der Waals surface area contributed by atoms with Gasteiger partial charge in [0.2, 0.25) is 0 Å². The molecule has 1 amide bonds. The lowest BCUT2D eigenvalue weighted by Crippen LogP contribution is -2.12. The van der Waals surface area contributed by atoms with Crippen molar-refractivity contribution in [1.29, 1.82) is 0 Å². The zero-order chi connectivity index (χ0) is 12.3. The van der Waals surface area contributed by atoms with E-state index in [1.807, 2.05) is 0 Å². The van der Waals surface area contributed by atoms with E-state index in [2.05, 4.69) is 5.32 Å². The molecular weight excluding hydrogens is 218 g/mol. The summed E-state index contributed by atoms with van der Waals surface area (Å²) in [7, 11) is 0. The highest BCUT2D eigenvalue weighted by atomic mass is 16.3. The van der Waals surface area contributed by atoms with Gasteiger partial charge in [0.25, 0.3) is 5.91 Å². The first kappa shape index (κ1) is 11.1. The minimum Gasteiger partial charge on any atom is -0.459 e. The minimum atomic E-state index is -0.324. The Bertz CT molecular complexity index is 557. The number of aldehydes is 1. The predicted molar refractivity (Wildman–Crippen MR) is 63.2 cm³/mol. The molecule has 86 valence electrons. The summed E-state index contributed by atoms with van der Waals surface area (Å²) in [5, 5.41) is 2.67. The number of hydrogen-bond acceptors (Lipinski definition) is 3. The Morgan fingerprint density at radius 2 is 2.18 bits per heavy atom. The van der Waals surface area contributed by atoms with E-state index in [9.17, 15) is 9.59 Å². The average molecular weight is 229 g/mol. The van der Waals surface area contributed by atoms with Gasteiger partial charge in [-0.05, 0) is 25.1 Å². The van der Waals surface area contributed by atoms with Crippen molar-refractivity contribution in [2.75, 3.05) is 5.32 Å². The molecule has 0 saturated carbocycles. The Morgan fingerprint density at radius 1 is 1.35 bits per heavy atom. The van der Waals surface area contributed by atoms with Crippen molar-refractivity contribution in [3.8, 4) is 0 Å². The Labute approximate surface area is 98.3 Å². The molecule has 4 nitrogen and oxygen atoms in total. The summed E-state index contributed by atoms with van der Waals surface area (Å²) in [4.78, 5) is 22.4. The molecule has 2 rings (SSSR count). The molecule has 1 aromatic heterocycles. The second-order valence-corrected chi connectivity index (χ2v) is 3.63. The van der Waals surface area contributed by atoms with Crippen LogP contribution in [0.2, 0.25) is 0 Å². The minimum absolute atomic E-state index is 0.279. The molecule has 2 aromatic rings. The molecule has 17 heavy (non-hydrogen) atoms. The summed E-state index contributed by atoms with van der Waals surface area (Å²) in [5.74, 6) is -0.0444. The molecule has 0 aliphatic rings. The van der Waals surface area contributed by atoms with Gasteiger partial charge in [0, 0.05) is 16.8 Å². The van der Waals surface area contributed by atoms with Gasteiger partial charge in [-0.25, -0.2) is 0 Å². The molecule has 1 heterocycles. The lowest BCUT2D eigenvalue weighted by molar-refractivity contribution is 0.0995. The number of hydrogen-bond donors (Lipinski definition) is 1. The molecule has 1 aromatic carbocycles. The fourth-order valence-corrected chi connectivity index (χ4v) is 1.48.